The lowest BCUT2D eigenvalue weighted by Crippen LogP contribution is -2.39. The van der Waals surface area contributed by atoms with Crippen LogP contribution in [-0.4, -0.2) is 43.4 Å². The van der Waals surface area contributed by atoms with E-state index in [1.54, 1.807) is 19.2 Å². The van der Waals surface area contributed by atoms with E-state index in [4.69, 9.17) is 0 Å². The first-order valence-corrected chi connectivity index (χ1v) is 9.02. The molecular weight excluding hydrogens is 344 g/mol. The van der Waals surface area contributed by atoms with Crippen molar-refractivity contribution in [1.29, 1.82) is 0 Å². The summed E-state index contributed by atoms with van der Waals surface area (Å²) in [5.74, 6) is -0.344. The molecule has 0 bridgehead atoms. The minimum Gasteiger partial charge on any atom is -0.478 e. The van der Waals surface area contributed by atoms with Crippen molar-refractivity contribution in [3.63, 3.8) is 0 Å². The Morgan fingerprint density at radius 2 is 1.93 bits per heavy atom. The molecule has 27 heavy (non-hydrogen) atoms. The lowest BCUT2D eigenvalue weighted by molar-refractivity contribution is -0.140. The van der Waals surface area contributed by atoms with Crippen molar-refractivity contribution in [3.8, 4) is 11.3 Å². The van der Waals surface area contributed by atoms with E-state index in [2.05, 4.69) is 15.0 Å². The number of aromatic carboxylic acids is 1. The van der Waals surface area contributed by atoms with Gasteiger partial charge in [0.1, 0.15) is 5.82 Å². The molecule has 0 aromatic carbocycles. The van der Waals surface area contributed by atoms with Gasteiger partial charge in [-0.15, -0.1) is 0 Å². The van der Waals surface area contributed by atoms with Gasteiger partial charge >= 0.3 is 5.97 Å². The molecule has 1 aliphatic heterocycles. The average molecular weight is 368 g/mol. The summed E-state index contributed by atoms with van der Waals surface area (Å²) in [5.41, 5.74) is 1.67. The highest BCUT2D eigenvalue weighted by molar-refractivity contribution is 5.88. The van der Waals surface area contributed by atoms with Gasteiger partial charge < -0.3 is 10.0 Å². The van der Waals surface area contributed by atoms with Crippen molar-refractivity contribution < 1.29 is 14.7 Å². The molecular formula is C20H24N4O3. The molecule has 0 saturated carbocycles. The van der Waals surface area contributed by atoms with Crippen molar-refractivity contribution in [2.24, 2.45) is 5.41 Å². The highest BCUT2D eigenvalue weighted by atomic mass is 16.4. The average Bonchev–Trinajstić information content (AvgIpc) is 3.09. The monoisotopic (exact) mass is 368 g/mol. The Kier molecular flexibility index (Phi) is 4.95. The molecule has 142 valence electrons. The molecule has 0 radical (unpaired) electrons. The van der Waals surface area contributed by atoms with Crippen molar-refractivity contribution in [2.45, 2.75) is 46.6 Å². The van der Waals surface area contributed by atoms with Gasteiger partial charge in [0.05, 0.1) is 23.0 Å². The molecule has 1 amide bonds. The number of carbonyl (C=O) groups is 2. The maximum Gasteiger partial charge on any atom is 0.337 e. The van der Waals surface area contributed by atoms with Crippen LogP contribution in [0.2, 0.25) is 0 Å². The molecule has 1 aliphatic rings. The molecule has 0 aliphatic carbocycles. The number of rotatable bonds is 3. The molecule has 7 heteroatoms. The van der Waals surface area contributed by atoms with Crippen LogP contribution < -0.4 is 0 Å². The zero-order chi connectivity index (χ0) is 19.8. The van der Waals surface area contributed by atoms with Crippen molar-refractivity contribution in [3.05, 3.63) is 41.6 Å². The van der Waals surface area contributed by atoms with E-state index >= 15 is 0 Å². The highest BCUT2D eigenvalue weighted by Crippen LogP contribution is 2.35. The minimum absolute atomic E-state index is 0.0900. The largest absolute Gasteiger partial charge is 0.478 e. The number of carboxylic acid groups (broad SMARTS) is 1. The molecule has 2 aromatic heterocycles. The predicted octanol–water partition coefficient (Wildman–Crippen LogP) is 3.25. The summed E-state index contributed by atoms with van der Waals surface area (Å²) in [5, 5.41) is 9.19. The summed E-state index contributed by atoms with van der Waals surface area (Å²) >= 11 is 0. The third-order valence-corrected chi connectivity index (χ3v) is 4.64. The topological polar surface area (TPSA) is 96.3 Å². The summed E-state index contributed by atoms with van der Waals surface area (Å²) < 4.78 is 0. The van der Waals surface area contributed by atoms with Crippen LogP contribution in [-0.2, 0) is 4.79 Å². The summed E-state index contributed by atoms with van der Waals surface area (Å²) in [6.07, 6.45) is 4.68. The Balaban J connectivity index is 2.00. The smallest absolute Gasteiger partial charge is 0.337 e. The van der Waals surface area contributed by atoms with E-state index in [-0.39, 0.29) is 17.5 Å². The van der Waals surface area contributed by atoms with Crippen LogP contribution in [0.15, 0.2) is 24.5 Å². The first kappa shape index (κ1) is 18.9. The Morgan fingerprint density at radius 3 is 2.59 bits per heavy atom. The van der Waals surface area contributed by atoms with Gasteiger partial charge in [-0.25, -0.2) is 14.8 Å². The number of nitrogens with zero attached hydrogens (tertiary/aromatic N) is 4. The fourth-order valence-electron chi connectivity index (χ4n) is 3.35. The number of carboxylic acids is 1. The zero-order valence-electron chi connectivity index (χ0n) is 16.1. The predicted molar refractivity (Wildman–Crippen MR) is 100 cm³/mol. The van der Waals surface area contributed by atoms with Gasteiger partial charge in [0.15, 0.2) is 0 Å². The first-order valence-electron chi connectivity index (χ1n) is 9.02. The number of aromatic nitrogens is 3. The van der Waals surface area contributed by atoms with Crippen LogP contribution in [0.1, 0.15) is 61.5 Å². The fraction of sp³-hybridized carbons (Fsp3) is 0.450. The van der Waals surface area contributed by atoms with Gasteiger partial charge in [0, 0.05) is 29.9 Å². The Labute approximate surface area is 158 Å². The molecule has 1 N–H and O–H groups in total. The molecule has 0 spiro atoms. The molecule has 0 unspecified atom stereocenters. The van der Waals surface area contributed by atoms with E-state index in [1.807, 2.05) is 31.7 Å². The molecule has 1 atom stereocenters. The standard InChI is InChI=1S/C20H24N4O3/c1-12-22-15(13-8-14(18(25)26)11-21-10-13)9-16(23-12)17-6-5-7-24(17)19(27)20(2,3)4/h8-11,17H,5-7H2,1-4H3,(H,25,26)/t17-/m0/s1. The van der Waals surface area contributed by atoms with Crippen molar-refractivity contribution in [2.75, 3.05) is 6.54 Å². The first-order chi connectivity index (χ1) is 12.7. The highest BCUT2D eigenvalue weighted by Gasteiger charge is 2.36. The number of likely N-dealkylation sites (tertiary alicyclic amines) is 1. The van der Waals surface area contributed by atoms with Gasteiger partial charge in [-0.1, -0.05) is 20.8 Å². The van der Waals surface area contributed by atoms with E-state index < -0.39 is 11.4 Å². The third kappa shape index (κ3) is 3.97. The summed E-state index contributed by atoms with van der Waals surface area (Å²) in [4.78, 5) is 39.0. The van der Waals surface area contributed by atoms with Gasteiger partial charge in [-0.2, -0.15) is 0 Å². The zero-order valence-corrected chi connectivity index (χ0v) is 16.1. The fourth-order valence-corrected chi connectivity index (χ4v) is 3.35. The van der Waals surface area contributed by atoms with Gasteiger partial charge in [0.25, 0.3) is 0 Å². The van der Waals surface area contributed by atoms with E-state index in [1.165, 1.54) is 6.20 Å². The van der Waals surface area contributed by atoms with E-state index in [0.29, 0.717) is 17.1 Å². The number of hydrogen-bond donors (Lipinski definition) is 1. The van der Waals surface area contributed by atoms with E-state index in [9.17, 15) is 14.7 Å². The number of pyridine rings is 1. The second-order valence-corrected chi connectivity index (χ2v) is 7.90. The SMILES string of the molecule is Cc1nc(-c2cncc(C(=O)O)c2)cc([C@@H]2CCCN2C(=O)C(C)(C)C)n1. The Morgan fingerprint density at radius 1 is 1.19 bits per heavy atom. The Hall–Kier alpha value is -2.83. The molecule has 3 rings (SSSR count). The second kappa shape index (κ2) is 7.06. The lowest BCUT2D eigenvalue weighted by atomic mass is 9.94. The van der Waals surface area contributed by atoms with Crippen LogP contribution in [0.5, 0.6) is 0 Å². The molecule has 3 heterocycles. The minimum atomic E-state index is -1.03. The number of hydrogen-bond acceptors (Lipinski definition) is 5. The van der Waals surface area contributed by atoms with Crippen LogP contribution in [0.4, 0.5) is 0 Å². The van der Waals surface area contributed by atoms with Crippen LogP contribution in [0.25, 0.3) is 11.3 Å². The number of amides is 1. The molecule has 1 fully saturated rings. The second-order valence-electron chi connectivity index (χ2n) is 7.90. The lowest BCUT2D eigenvalue weighted by Gasteiger charge is -2.30. The Bertz CT molecular complexity index is 889. The summed E-state index contributed by atoms with van der Waals surface area (Å²) in [6, 6.07) is 3.30. The van der Waals surface area contributed by atoms with Crippen LogP contribution in [0, 0.1) is 12.3 Å². The van der Waals surface area contributed by atoms with Crippen LogP contribution >= 0.6 is 0 Å². The maximum atomic E-state index is 12.8. The molecule has 1 saturated heterocycles. The normalized spacial score (nSPS) is 17.2. The molecule has 7 nitrogen and oxygen atoms in total. The maximum absolute atomic E-state index is 12.8. The number of aryl methyl sites for hydroxylation is 1. The van der Waals surface area contributed by atoms with Crippen molar-refractivity contribution >= 4 is 11.9 Å². The third-order valence-electron chi connectivity index (χ3n) is 4.64. The van der Waals surface area contributed by atoms with Gasteiger partial charge in [-0.3, -0.25) is 9.78 Å². The quantitative estimate of drug-likeness (QED) is 0.893. The molecule has 2 aromatic rings. The van der Waals surface area contributed by atoms with Gasteiger partial charge in [0.2, 0.25) is 5.91 Å². The summed E-state index contributed by atoms with van der Waals surface area (Å²) in [7, 11) is 0. The summed E-state index contributed by atoms with van der Waals surface area (Å²) in [6.45, 7) is 8.28. The number of carbonyl (C=O) groups excluding carboxylic acids is 1. The van der Waals surface area contributed by atoms with Crippen molar-refractivity contribution in [1.82, 2.24) is 19.9 Å². The van der Waals surface area contributed by atoms with E-state index in [0.717, 1.165) is 25.1 Å². The van der Waals surface area contributed by atoms with Crippen LogP contribution in [0.3, 0.4) is 0 Å². The van der Waals surface area contributed by atoms with Gasteiger partial charge in [-0.05, 0) is 31.9 Å².